The largest absolute Gasteiger partial charge is 0.460 e. The van der Waals surface area contributed by atoms with Crippen LogP contribution in [-0.2, 0) is 13.0 Å². The average Bonchev–Trinajstić information content (AvgIpc) is 2.62. The van der Waals surface area contributed by atoms with Gasteiger partial charge in [0.15, 0.2) is 5.43 Å². The van der Waals surface area contributed by atoms with E-state index in [1.54, 1.807) is 19.1 Å². The molecule has 0 bridgehead atoms. The van der Waals surface area contributed by atoms with Crippen LogP contribution in [0.5, 0.6) is 5.95 Å². The van der Waals surface area contributed by atoms with Gasteiger partial charge in [-0.2, -0.15) is 0 Å². The maximum atomic E-state index is 12.4. The van der Waals surface area contributed by atoms with Crippen molar-refractivity contribution in [2.24, 2.45) is 5.73 Å². The van der Waals surface area contributed by atoms with Crippen molar-refractivity contribution >= 4 is 11.0 Å². The van der Waals surface area contributed by atoms with Crippen molar-refractivity contribution in [2.45, 2.75) is 39.3 Å². The Bertz CT molecular complexity index is 911. The van der Waals surface area contributed by atoms with Crippen LogP contribution in [0.1, 0.15) is 30.0 Å². The fourth-order valence-corrected chi connectivity index (χ4v) is 2.70. The minimum absolute atomic E-state index is 0.0527. The summed E-state index contributed by atoms with van der Waals surface area (Å²) in [4.78, 5) is 12.4. The molecule has 2 aromatic carbocycles. The summed E-state index contributed by atoms with van der Waals surface area (Å²) in [6.45, 7) is 4.10. The molecule has 0 radical (unpaired) electrons. The summed E-state index contributed by atoms with van der Waals surface area (Å²) in [6.07, 6.45) is 1.94. The highest BCUT2D eigenvalue weighted by atomic mass is 16.6. The molecule has 3 aromatic rings. The van der Waals surface area contributed by atoms with E-state index >= 15 is 0 Å². The third-order valence-corrected chi connectivity index (χ3v) is 4.26. The molecule has 0 aliphatic carbocycles. The minimum Gasteiger partial charge on any atom is -0.460 e. The number of hydrogen-bond donors (Lipinski definition) is 1. The molecule has 4 nitrogen and oxygen atoms in total. The topological polar surface area (TPSA) is 65.5 Å². The molecular formula is C21H23NO3. The summed E-state index contributed by atoms with van der Waals surface area (Å²) in [5.41, 5.74) is 9.06. The Kier molecular flexibility index (Phi) is 5.19. The summed E-state index contributed by atoms with van der Waals surface area (Å²) in [5.74, 6) is 0.282. The van der Waals surface area contributed by atoms with Crippen LogP contribution >= 0.6 is 0 Å². The molecule has 3 rings (SSSR count). The maximum Gasteiger partial charge on any atom is 0.292 e. The van der Waals surface area contributed by atoms with Crippen LogP contribution in [-0.4, -0.2) is 6.04 Å². The Morgan fingerprint density at radius 1 is 1.08 bits per heavy atom. The van der Waals surface area contributed by atoms with E-state index < -0.39 is 0 Å². The van der Waals surface area contributed by atoms with Crippen LogP contribution in [0, 0.1) is 6.92 Å². The number of benzene rings is 2. The zero-order valence-corrected chi connectivity index (χ0v) is 14.6. The quantitative estimate of drug-likeness (QED) is 0.739. The first-order valence-electron chi connectivity index (χ1n) is 8.53. The van der Waals surface area contributed by atoms with Crippen molar-refractivity contribution in [3.8, 4) is 5.95 Å². The Morgan fingerprint density at radius 2 is 1.76 bits per heavy atom. The van der Waals surface area contributed by atoms with Crippen LogP contribution < -0.4 is 15.9 Å². The predicted octanol–water partition coefficient (Wildman–Crippen LogP) is 3.96. The standard InChI is InChI=1S/C21H23NO3/c1-14(22)7-8-16-9-11-17(12-10-16)13-24-21-15(2)20(23)18-5-3-4-6-19(18)25-21/h3-6,9-12,14H,7-8,13,22H2,1-2H3. The van der Waals surface area contributed by atoms with Crippen molar-refractivity contribution in [3.05, 3.63) is 75.4 Å². The first-order valence-corrected chi connectivity index (χ1v) is 8.53. The second-order valence-electron chi connectivity index (χ2n) is 6.46. The lowest BCUT2D eigenvalue weighted by molar-refractivity contribution is 0.232. The van der Waals surface area contributed by atoms with Gasteiger partial charge in [-0.1, -0.05) is 36.4 Å². The third kappa shape index (κ3) is 4.09. The van der Waals surface area contributed by atoms with Gasteiger partial charge < -0.3 is 14.9 Å². The number of aryl methyl sites for hydroxylation is 1. The second-order valence-corrected chi connectivity index (χ2v) is 6.46. The molecule has 0 amide bonds. The van der Waals surface area contributed by atoms with Crippen LogP contribution in [0.25, 0.3) is 11.0 Å². The second kappa shape index (κ2) is 7.53. The van der Waals surface area contributed by atoms with E-state index in [1.165, 1.54) is 5.56 Å². The summed E-state index contributed by atoms with van der Waals surface area (Å²) in [6, 6.07) is 15.7. The molecule has 0 aliphatic rings. The van der Waals surface area contributed by atoms with Gasteiger partial charge in [-0.15, -0.1) is 0 Å². The molecule has 0 spiro atoms. The van der Waals surface area contributed by atoms with Crippen molar-refractivity contribution in [1.29, 1.82) is 0 Å². The average molecular weight is 337 g/mol. The Balaban J connectivity index is 1.72. The van der Waals surface area contributed by atoms with Gasteiger partial charge in [0, 0.05) is 6.04 Å². The number of rotatable bonds is 6. The lowest BCUT2D eigenvalue weighted by Gasteiger charge is -2.10. The number of ether oxygens (including phenoxy) is 1. The van der Waals surface area contributed by atoms with Gasteiger partial charge in [-0.3, -0.25) is 4.79 Å². The normalized spacial score (nSPS) is 12.3. The predicted molar refractivity (Wildman–Crippen MR) is 100.0 cm³/mol. The Morgan fingerprint density at radius 3 is 2.48 bits per heavy atom. The summed E-state index contributed by atoms with van der Waals surface area (Å²) < 4.78 is 11.5. The number of hydrogen-bond acceptors (Lipinski definition) is 4. The van der Waals surface area contributed by atoms with Crippen LogP contribution in [0.15, 0.2) is 57.7 Å². The fourth-order valence-electron chi connectivity index (χ4n) is 2.70. The summed E-state index contributed by atoms with van der Waals surface area (Å²) >= 11 is 0. The van der Waals surface area contributed by atoms with Crippen molar-refractivity contribution in [3.63, 3.8) is 0 Å². The fraction of sp³-hybridized carbons (Fsp3) is 0.286. The maximum absolute atomic E-state index is 12.4. The molecule has 0 fully saturated rings. The zero-order chi connectivity index (χ0) is 17.8. The molecule has 1 atom stereocenters. The van der Waals surface area contributed by atoms with E-state index in [1.807, 2.05) is 31.2 Å². The van der Waals surface area contributed by atoms with E-state index in [0.29, 0.717) is 23.1 Å². The molecule has 130 valence electrons. The van der Waals surface area contributed by atoms with Gasteiger partial charge in [0.05, 0.1) is 10.9 Å². The molecular weight excluding hydrogens is 314 g/mol. The smallest absolute Gasteiger partial charge is 0.292 e. The van der Waals surface area contributed by atoms with Gasteiger partial charge in [-0.05, 0) is 49.9 Å². The van der Waals surface area contributed by atoms with Gasteiger partial charge in [0.2, 0.25) is 0 Å². The van der Waals surface area contributed by atoms with Gasteiger partial charge in [0.25, 0.3) is 5.95 Å². The van der Waals surface area contributed by atoms with Crippen molar-refractivity contribution < 1.29 is 9.15 Å². The van der Waals surface area contributed by atoms with Crippen LogP contribution in [0.3, 0.4) is 0 Å². The third-order valence-electron chi connectivity index (χ3n) is 4.26. The van der Waals surface area contributed by atoms with Gasteiger partial charge in [0.1, 0.15) is 12.2 Å². The molecule has 2 N–H and O–H groups in total. The zero-order valence-electron chi connectivity index (χ0n) is 14.6. The summed E-state index contributed by atoms with van der Waals surface area (Å²) in [7, 11) is 0. The highest BCUT2D eigenvalue weighted by molar-refractivity contribution is 5.77. The Labute approximate surface area is 147 Å². The van der Waals surface area contributed by atoms with E-state index in [4.69, 9.17) is 14.9 Å². The van der Waals surface area contributed by atoms with E-state index in [2.05, 4.69) is 12.1 Å². The first-order chi connectivity index (χ1) is 12.0. The highest BCUT2D eigenvalue weighted by Gasteiger charge is 2.11. The van der Waals surface area contributed by atoms with Crippen LogP contribution in [0.4, 0.5) is 0 Å². The Hall–Kier alpha value is -2.59. The number of para-hydroxylation sites is 1. The lowest BCUT2D eigenvalue weighted by atomic mass is 10.1. The van der Waals surface area contributed by atoms with Gasteiger partial charge in [-0.25, -0.2) is 0 Å². The van der Waals surface area contributed by atoms with Gasteiger partial charge >= 0.3 is 0 Å². The van der Waals surface area contributed by atoms with Crippen molar-refractivity contribution in [2.75, 3.05) is 0 Å². The molecule has 0 aliphatic heterocycles. The van der Waals surface area contributed by atoms with E-state index in [-0.39, 0.29) is 17.4 Å². The monoisotopic (exact) mass is 337 g/mol. The molecule has 1 unspecified atom stereocenters. The van der Waals surface area contributed by atoms with E-state index in [0.717, 1.165) is 18.4 Å². The van der Waals surface area contributed by atoms with E-state index in [9.17, 15) is 4.79 Å². The molecule has 0 saturated carbocycles. The van der Waals surface area contributed by atoms with Crippen molar-refractivity contribution in [1.82, 2.24) is 0 Å². The summed E-state index contributed by atoms with van der Waals surface area (Å²) in [5, 5.41) is 0.575. The number of nitrogens with two attached hydrogens (primary N) is 1. The minimum atomic E-state index is -0.0527. The molecule has 1 heterocycles. The van der Waals surface area contributed by atoms with Crippen LogP contribution in [0.2, 0.25) is 0 Å². The highest BCUT2D eigenvalue weighted by Crippen LogP contribution is 2.22. The SMILES string of the molecule is Cc1c(OCc2ccc(CCC(C)N)cc2)oc2ccccc2c1=O. The molecule has 0 saturated heterocycles. The first kappa shape index (κ1) is 17.2. The molecule has 4 heteroatoms. The molecule has 25 heavy (non-hydrogen) atoms. The lowest BCUT2D eigenvalue weighted by Crippen LogP contribution is -2.15. The number of fused-ring (bicyclic) bond motifs is 1. The molecule has 1 aromatic heterocycles.